The molecular formula is C16H14Br2O. The Morgan fingerprint density at radius 2 is 1.89 bits per heavy atom. The van der Waals surface area contributed by atoms with Crippen LogP contribution in [-0.4, -0.2) is 6.61 Å². The van der Waals surface area contributed by atoms with Crippen LogP contribution in [-0.2, 0) is 6.42 Å². The fourth-order valence-electron chi connectivity index (χ4n) is 2.40. The van der Waals surface area contributed by atoms with Gasteiger partial charge in [-0.3, -0.25) is 0 Å². The Hall–Kier alpha value is -0.800. The minimum absolute atomic E-state index is 0.164. The highest BCUT2D eigenvalue weighted by atomic mass is 79.9. The molecule has 3 rings (SSSR count). The van der Waals surface area contributed by atoms with Crippen molar-refractivity contribution in [3.63, 3.8) is 0 Å². The van der Waals surface area contributed by atoms with E-state index in [1.165, 1.54) is 22.3 Å². The number of benzene rings is 2. The summed E-state index contributed by atoms with van der Waals surface area (Å²) in [7, 11) is 0. The molecule has 1 unspecified atom stereocenters. The molecule has 1 heterocycles. The standard InChI is InChI=1S/C16H14Br2O/c1-10-2-4-11(5-3-10)15(18)14-9-13(17)8-12-6-7-19-16(12)14/h2-5,8-9,15H,6-7H2,1H3. The maximum absolute atomic E-state index is 5.80. The summed E-state index contributed by atoms with van der Waals surface area (Å²) in [4.78, 5) is 0.164. The van der Waals surface area contributed by atoms with Crippen molar-refractivity contribution in [1.29, 1.82) is 0 Å². The van der Waals surface area contributed by atoms with Crippen LogP contribution in [0.2, 0.25) is 0 Å². The highest BCUT2D eigenvalue weighted by Gasteiger charge is 2.22. The van der Waals surface area contributed by atoms with Crippen molar-refractivity contribution >= 4 is 31.9 Å². The van der Waals surface area contributed by atoms with Crippen molar-refractivity contribution in [2.45, 2.75) is 18.2 Å². The van der Waals surface area contributed by atoms with E-state index in [2.05, 4.69) is 75.2 Å². The number of hydrogen-bond donors (Lipinski definition) is 0. The molecule has 1 nitrogen and oxygen atoms in total. The van der Waals surface area contributed by atoms with Crippen molar-refractivity contribution < 1.29 is 4.74 Å². The van der Waals surface area contributed by atoms with E-state index >= 15 is 0 Å². The quantitative estimate of drug-likeness (QED) is 0.651. The molecule has 19 heavy (non-hydrogen) atoms. The van der Waals surface area contributed by atoms with E-state index in [4.69, 9.17) is 4.74 Å². The van der Waals surface area contributed by atoms with Gasteiger partial charge in [0, 0.05) is 16.5 Å². The number of rotatable bonds is 2. The average Bonchev–Trinajstić information content (AvgIpc) is 2.85. The molecule has 0 aromatic heterocycles. The Morgan fingerprint density at radius 3 is 2.63 bits per heavy atom. The van der Waals surface area contributed by atoms with E-state index in [-0.39, 0.29) is 4.83 Å². The molecule has 3 heteroatoms. The number of alkyl halides is 1. The smallest absolute Gasteiger partial charge is 0.127 e. The number of fused-ring (bicyclic) bond motifs is 1. The lowest BCUT2D eigenvalue weighted by atomic mass is 10.0. The molecule has 98 valence electrons. The van der Waals surface area contributed by atoms with Crippen LogP contribution in [0.3, 0.4) is 0 Å². The molecule has 0 fully saturated rings. The van der Waals surface area contributed by atoms with E-state index in [9.17, 15) is 0 Å². The van der Waals surface area contributed by atoms with E-state index in [1.54, 1.807) is 0 Å². The molecule has 2 aromatic rings. The van der Waals surface area contributed by atoms with Gasteiger partial charge in [0.15, 0.2) is 0 Å². The molecule has 1 atom stereocenters. The van der Waals surface area contributed by atoms with Gasteiger partial charge < -0.3 is 4.74 Å². The summed E-state index contributed by atoms with van der Waals surface area (Å²) in [6.07, 6.45) is 0.995. The van der Waals surface area contributed by atoms with Crippen LogP contribution in [0.1, 0.15) is 27.1 Å². The first-order chi connectivity index (χ1) is 9.15. The topological polar surface area (TPSA) is 9.23 Å². The van der Waals surface area contributed by atoms with E-state index in [0.29, 0.717) is 0 Å². The fourth-order valence-corrected chi connectivity index (χ4v) is 3.57. The van der Waals surface area contributed by atoms with Crippen LogP contribution < -0.4 is 4.74 Å². The third-order valence-electron chi connectivity index (χ3n) is 3.42. The van der Waals surface area contributed by atoms with Gasteiger partial charge in [-0.05, 0) is 30.2 Å². The number of aryl methyl sites for hydroxylation is 1. The highest BCUT2D eigenvalue weighted by molar-refractivity contribution is 9.10. The Labute approximate surface area is 130 Å². The highest BCUT2D eigenvalue weighted by Crippen LogP contribution is 2.42. The Morgan fingerprint density at radius 1 is 1.16 bits per heavy atom. The minimum atomic E-state index is 0.164. The van der Waals surface area contributed by atoms with Gasteiger partial charge in [0.2, 0.25) is 0 Å². The van der Waals surface area contributed by atoms with Crippen LogP contribution in [0.25, 0.3) is 0 Å². The van der Waals surface area contributed by atoms with Gasteiger partial charge >= 0.3 is 0 Å². The lowest BCUT2D eigenvalue weighted by Crippen LogP contribution is -1.97. The third kappa shape index (κ3) is 2.59. The van der Waals surface area contributed by atoms with Gasteiger partial charge in [-0.1, -0.05) is 61.7 Å². The average molecular weight is 382 g/mol. The number of halogens is 2. The summed E-state index contributed by atoms with van der Waals surface area (Å²) in [6.45, 7) is 2.89. The van der Waals surface area contributed by atoms with Gasteiger partial charge in [0.05, 0.1) is 11.4 Å². The van der Waals surface area contributed by atoms with Crippen molar-refractivity contribution in [1.82, 2.24) is 0 Å². The van der Waals surface area contributed by atoms with Gasteiger partial charge in [0.1, 0.15) is 5.75 Å². The minimum Gasteiger partial charge on any atom is -0.493 e. The van der Waals surface area contributed by atoms with Crippen molar-refractivity contribution in [2.24, 2.45) is 0 Å². The lowest BCUT2D eigenvalue weighted by Gasteiger charge is -2.15. The molecule has 0 amide bonds. The fraction of sp³-hybridized carbons (Fsp3) is 0.250. The summed E-state index contributed by atoms with van der Waals surface area (Å²) >= 11 is 7.40. The second kappa shape index (κ2) is 5.29. The molecule has 0 spiro atoms. The van der Waals surface area contributed by atoms with Crippen LogP contribution >= 0.6 is 31.9 Å². The summed E-state index contributed by atoms with van der Waals surface area (Å²) in [5.41, 5.74) is 5.02. The normalized spacial score (nSPS) is 14.9. The molecule has 2 aromatic carbocycles. The first-order valence-corrected chi connectivity index (χ1v) is 8.02. The van der Waals surface area contributed by atoms with E-state index in [1.807, 2.05) is 0 Å². The molecular weight excluding hydrogens is 368 g/mol. The molecule has 0 radical (unpaired) electrons. The third-order valence-corrected chi connectivity index (χ3v) is 4.90. The van der Waals surface area contributed by atoms with Crippen molar-refractivity contribution in [3.05, 3.63) is 63.1 Å². The molecule has 0 aliphatic carbocycles. The van der Waals surface area contributed by atoms with Crippen LogP contribution in [0.15, 0.2) is 40.9 Å². The molecule has 1 aliphatic heterocycles. The first kappa shape index (κ1) is 13.2. The zero-order valence-corrected chi connectivity index (χ0v) is 13.8. The van der Waals surface area contributed by atoms with E-state index < -0.39 is 0 Å². The number of hydrogen-bond acceptors (Lipinski definition) is 1. The maximum atomic E-state index is 5.80. The Balaban J connectivity index is 2.04. The van der Waals surface area contributed by atoms with Crippen molar-refractivity contribution in [3.8, 4) is 5.75 Å². The SMILES string of the molecule is Cc1ccc(C(Br)c2cc(Br)cc3c2OCC3)cc1. The largest absolute Gasteiger partial charge is 0.493 e. The molecule has 0 bridgehead atoms. The van der Waals surface area contributed by atoms with Crippen LogP contribution in [0.5, 0.6) is 5.75 Å². The first-order valence-electron chi connectivity index (χ1n) is 6.31. The Bertz CT molecular complexity index is 605. The van der Waals surface area contributed by atoms with Crippen LogP contribution in [0, 0.1) is 6.92 Å². The second-order valence-electron chi connectivity index (χ2n) is 4.85. The van der Waals surface area contributed by atoms with Gasteiger partial charge in [0.25, 0.3) is 0 Å². The zero-order chi connectivity index (χ0) is 13.4. The summed E-state index contributed by atoms with van der Waals surface area (Å²) < 4.78 is 6.91. The molecule has 0 saturated heterocycles. The Kier molecular flexibility index (Phi) is 3.68. The second-order valence-corrected chi connectivity index (χ2v) is 6.69. The maximum Gasteiger partial charge on any atom is 0.127 e. The molecule has 1 aliphatic rings. The summed E-state index contributed by atoms with van der Waals surface area (Å²) in [5, 5.41) is 0. The summed E-state index contributed by atoms with van der Waals surface area (Å²) in [6, 6.07) is 12.9. The van der Waals surface area contributed by atoms with Gasteiger partial charge in [-0.2, -0.15) is 0 Å². The zero-order valence-electron chi connectivity index (χ0n) is 10.6. The predicted molar refractivity (Wildman–Crippen MR) is 85.3 cm³/mol. The lowest BCUT2D eigenvalue weighted by molar-refractivity contribution is 0.354. The number of ether oxygens (including phenoxy) is 1. The summed E-state index contributed by atoms with van der Waals surface area (Å²) in [5.74, 6) is 1.05. The molecule has 0 saturated carbocycles. The van der Waals surface area contributed by atoms with Gasteiger partial charge in [-0.25, -0.2) is 0 Å². The van der Waals surface area contributed by atoms with Crippen LogP contribution in [0.4, 0.5) is 0 Å². The molecule has 0 N–H and O–H groups in total. The van der Waals surface area contributed by atoms with E-state index in [0.717, 1.165) is 23.2 Å². The van der Waals surface area contributed by atoms with Crippen molar-refractivity contribution in [2.75, 3.05) is 6.61 Å². The predicted octanol–water partition coefficient (Wildman–Crippen LogP) is 5.18. The van der Waals surface area contributed by atoms with Gasteiger partial charge in [-0.15, -0.1) is 0 Å². The monoisotopic (exact) mass is 380 g/mol.